The summed E-state index contributed by atoms with van der Waals surface area (Å²) in [6, 6.07) is 0.860. The highest BCUT2D eigenvalue weighted by molar-refractivity contribution is 5.85. The van der Waals surface area contributed by atoms with E-state index in [2.05, 4.69) is 11.8 Å². The molecule has 2 atom stereocenters. The minimum Gasteiger partial charge on any atom is -0.329 e. The van der Waals surface area contributed by atoms with Crippen LogP contribution in [0.1, 0.15) is 26.2 Å². The van der Waals surface area contributed by atoms with Crippen molar-refractivity contribution in [3.63, 3.8) is 0 Å². The topological polar surface area (TPSA) is 55.3 Å². The van der Waals surface area contributed by atoms with E-state index in [1.807, 2.05) is 0 Å². The van der Waals surface area contributed by atoms with E-state index >= 15 is 0 Å². The van der Waals surface area contributed by atoms with Gasteiger partial charge < -0.3 is 11.5 Å². The average molecular weight is 208 g/mol. The molecule has 0 aliphatic carbocycles. The Morgan fingerprint density at radius 2 is 2.15 bits per heavy atom. The quantitative estimate of drug-likeness (QED) is 0.712. The predicted octanol–water partition coefficient (Wildman–Crippen LogP) is 0.569. The summed E-state index contributed by atoms with van der Waals surface area (Å²) in [5.74, 6) is 0. The SMILES string of the molecule is CC(N)C1CCCCN1CCN.Cl. The van der Waals surface area contributed by atoms with Crippen LogP contribution in [0.25, 0.3) is 0 Å². The number of halogens is 1. The van der Waals surface area contributed by atoms with Crippen molar-refractivity contribution in [2.75, 3.05) is 19.6 Å². The number of likely N-dealkylation sites (tertiary alicyclic amines) is 1. The monoisotopic (exact) mass is 207 g/mol. The van der Waals surface area contributed by atoms with E-state index in [-0.39, 0.29) is 18.4 Å². The fraction of sp³-hybridized carbons (Fsp3) is 1.00. The third-order valence-electron chi connectivity index (χ3n) is 2.69. The van der Waals surface area contributed by atoms with E-state index < -0.39 is 0 Å². The smallest absolute Gasteiger partial charge is 0.0245 e. The summed E-state index contributed by atoms with van der Waals surface area (Å²) in [6.07, 6.45) is 3.88. The molecule has 1 heterocycles. The fourth-order valence-corrected chi connectivity index (χ4v) is 2.06. The molecule has 0 spiro atoms. The maximum absolute atomic E-state index is 5.91. The molecular weight excluding hydrogens is 186 g/mol. The molecule has 4 heteroatoms. The average Bonchev–Trinajstić information content (AvgIpc) is 2.05. The van der Waals surface area contributed by atoms with E-state index in [0.29, 0.717) is 6.04 Å². The molecule has 2 unspecified atom stereocenters. The molecule has 3 nitrogen and oxygen atoms in total. The Bertz CT molecular complexity index is 128. The maximum Gasteiger partial charge on any atom is 0.0245 e. The second-order valence-corrected chi connectivity index (χ2v) is 3.75. The van der Waals surface area contributed by atoms with E-state index in [0.717, 1.165) is 13.1 Å². The van der Waals surface area contributed by atoms with Crippen LogP contribution in [0.4, 0.5) is 0 Å². The number of nitrogens with zero attached hydrogens (tertiary/aromatic N) is 1. The Kier molecular flexibility index (Phi) is 6.68. The minimum absolute atomic E-state index is 0. The molecule has 0 aromatic heterocycles. The maximum atomic E-state index is 5.91. The summed E-state index contributed by atoms with van der Waals surface area (Å²) in [5.41, 5.74) is 11.4. The number of hydrogen-bond donors (Lipinski definition) is 2. The van der Waals surface area contributed by atoms with E-state index in [4.69, 9.17) is 11.5 Å². The summed E-state index contributed by atoms with van der Waals surface area (Å²) in [5, 5.41) is 0. The largest absolute Gasteiger partial charge is 0.329 e. The lowest BCUT2D eigenvalue weighted by molar-refractivity contribution is 0.135. The highest BCUT2D eigenvalue weighted by Crippen LogP contribution is 2.17. The van der Waals surface area contributed by atoms with Crippen LogP contribution >= 0.6 is 12.4 Å². The molecule has 0 saturated carbocycles. The summed E-state index contributed by atoms with van der Waals surface area (Å²) >= 11 is 0. The van der Waals surface area contributed by atoms with Gasteiger partial charge in [-0.15, -0.1) is 12.4 Å². The second-order valence-electron chi connectivity index (χ2n) is 3.75. The van der Waals surface area contributed by atoms with Crippen molar-refractivity contribution in [3.05, 3.63) is 0 Å². The molecule has 0 bridgehead atoms. The van der Waals surface area contributed by atoms with E-state index in [1.165, 1.54) is 25.8 Å². The zero-order valence-corrected chi connectivity index (χ0v) is 9.22. The first-order valence-corrected chi connectivity index (χ1v) is 4.95. The van der Waals surface area contributed by atoms with E-state index in [9.17, 15) is 0 Å². The third kappa shape index (κ3) is 3.81. The van der Waals surface area contributed by atoms with Crippen LogP contribution in [0, 0.1) is 0 Å². The van der Waals surface area contributed by atoms with Crippen molar-refractivity contribution >= 4 is 12.4 Å². The van der Waals surface area contributed by atoms with Crippen molar-refractivity contribution in [2.45, 2.75) is 38.3 Å². The standard InChI is InChI=1S/C9H21N3.ClH/c1-8(11)9-4-2-3-6-12(9)7-5-10;/h8-9H,2-7,10-11H2,1H3;1H. The lowest BCUT2D eigenvalue weighted by atomic mass is 9.97. The molecule has 0 aromatic rings. The van der Waals surface area contributed by atoms with Gasteiger partial charge in [0.25, 0.3) is 0 Å². The van der Waals surface area contributed by atoms with Crippen LogP contribution in [0.15, 0.2) is 0 Å². The number of hydrogen-bond acceptors (Lipinski definition) is 3. The molecule has 1 rings (SSSR count). The third-order valence-corrected chi connectivity index (χ3v) is 2.69. The second kappa shape index (κ2) is 6.60. The number of piperidine rings is 1. The first kappa shape index (κ1) is 13.2. The van der Waals surface area contributed by atoms with Gasteiger partial charge >= 0.3 is 0 Å². The number of rotatable bonds is 3. The van der Waals surface area contributed by atoms with Gasteiger partial charge in [0.15, 0.2) is 0 Å². The predicted molar refractivity (Wildman–Crippen MR) is 59.2 cm³/mol. The lowest BCUT2D eigenvalue weighted by Crippen LogP contribution is -2.50. The van der Waals surface area contributed by atoms with Crippen molar-refractivity contribution < 1.29 is 0 Å². The molecule has 0 amide bonds. The van der Waals surface area contributed by atoms with Crippen LogP contribution in [0.3, 0.4) is 0 Å². The normalized spacial score (nSPS) is 26.5. The van der Waals surface area contributed by atoms with E-state index in [1.54, 1.807) is 0 Å². The van der Waals surface area contributed by atoms with Gasteiger partial charge in [-0.3, -0.25) is 4.90 Å². The van der Waals surface area contributed by atoms with Gasteiger partial charge in [-0.1, -0.05) is 6.42 Å². The Labute approximate surface area is 87.2 Å². The highest BCUT2D eigenvalue weighted by atomic mass is 35.5. The van der Waals surface area contributed by atoms with Crippen molar-refractivity contribution in [1.29, 1.82) is 0 Å². The Balaban J connectivity index is 0.00000144. The molecule has 0 aromatic carbocycles. The molecule has 1 aliphatic rings. The first-order chi connectivity index (χ1) is 5.75. The van der Waals surface area contributed by atoms with Gasteiger partial charge in [0, 0.05) is 25.2 Å². The van der Waals surface area contributed by atoms with Crippen LogP contribution < -0.4 is 11.5 Å². The summed E-state index contributed by atoms with van der Waals surface area (Å²) in [4.78, 5) is 2.44. The van der Waals surface area contributed by atoms with Gasteiger partial charge in [-0.25, -0.2) is 0 Å². The molecule has 80 valence electrons. The first-order valence-electron chi connectivity index (χ1n) is 4.95. The fourth-order valence-electron chi connectivity index (χ4n) is 2.06. The van der Waals surface area contributed by atoms with Crippen molar-refractivity contribution in [1.82, 2.24) is 4.90 Å². The molecular formula is C9H22ClN3. The van der Waals surface area contributed by atoms with Gasteiger partial charge in [-0.2, -0.15) is 0 Å². The van der Waals surface area contributed by atoms with Crippen LogP contribution in [-0.2, 0) is 0 Å². The van der Waals surface area contributed by atoms with Crippen molar-refractivity contribution in [3.8, 4) is 0 Å². The van der Waals surface area contributed by atoms with Crippen molar-refractivity contribution in [2.24, 2.45) is 11.5 Å². The van der Waals surface area contributed by atoms with Gasteiger partial charge in [0.05, 0.1) is 0 Å². The lowest BCUT2D eigenvalue weighted by Gasteiger charge is -2.37. The zero-order chi connectivity index (χ0) is 8.97. The van der Waals surface area contributed by atoms with Gasteiger partial charge in [0.1, 0.15) is 0 Å². The molecule has 13 heavy (non-hydrogen) atoms. The summed E-state index contributed by atoms with van der Waals surface area (Å²) in [6.45, 7) is 5.04. The molecule has 1 aliphatic heterocycles. The Morgan fingerprint density at radius 1 is 1.46 bits per heavy atom. The van der Waals surface area contributed by atoms with Crippen LogP contribution in [0.2, 0.25) is 0 Å². The van der Waals surface area contributed by atoms with Gasteiger partial charge in [0.2, 0.25) is 0 Å². The Hall–Kier alpha value is 0.170. The Morgan fingerprint density at radius 3 is 2.69 bits per heavy atom. The highest BCUT2D eigenvalue weighted by Gasteiger charge is 2.24. The van der Waals surface area contributed by atoms with Crippen LogP contribution in [0.5, 0.6) is 0 Å². The summed E-state index contributed by atoms with van der Waals surface area (Å²) in [7, 11) is 0. The summed E-state index contributed by atoms with van der Waals surface area (Å²) < 4.78 is 0. The van der Waals surface area contributed by atoms with Crippen LogP contribution in [-0.4, -0.2) is 36.6 Å². The molecule has 1 fully saturated rings. The minimum atomic E-state index is 0. The zero-order valence-electron chi connectivity index (χ0n) is 8.41. The molecule has 4 N–H and O–H groups in total. The van der Waals surface area contributed by atoms with Gasteiger partial charge in [-0.05, 0) is 26.3 Å². The molecule has 0 radical (unpaired) electrons. The number of nitrogens with two attached hydrogens (primary N) is 2. The molecule has 1 saturated heterocycles.